The van der Waals surface area contributed by atoms with E-state index in [1.807, 2.05) is 164 Å². The first-order valence-corrected chi connectivity index (χ1v) is 22.2. The van der Waals surface area contributed by atoms with Crippen molar-refractivity contribution in [3.05, 3.63) is 220 Å². The molecule has 0 aromatic carbocycles. The Morgan fingerprint density at radius 3 is 0.342 bits per heavy atom. The van der Waals surface area contributed by atoms with Gasteiger partial charge in [0.15, 0.2) is 52.4 Å². The molecule has 12 heterocycles. The fraction of sp³-hybridized carbons (Fsp3) is 0. The van der Waals surface area contributed by atoms with Crippen molar-refractivity contribution < 1.29 is 17.1 Å². The summed E-state index contributed by atoms with van der Waals surface area (Å²) in [6.07, 6.45) is 15.4. The van der Waals surface area contributed by atoms with E-state index in [1.54, 1.807) is 55.8 Å². The minimum Gasteiger partial charge on any atom is -0.253 e. The summed E-state index contributed by atoms with van der Waals surface area (Å²) in [5, 5.41) is 0. The SMILES string of the molecule is [Fe+3].c1ccc(-c2nc(-c3ccccn3)nc(-c3ccccn3)n2)nc1.c1ccc(-c2nc(-c3ccccn3)nc(-c3ccccn3)n2)nc1.c1ccc(-c2nc(-c3ccccn3)nc(-c3ccccn3)n2)nc1. The van der Waals surface area contributed by atoms with Gasteiger partial charge in [0.05, 0.1) is 0 Å². The maximum absolute atomic E-state index is 4.52. The van der Waals surface area contributed by atoms with Gasteiger partial charge in [-0.2, -0.15) is 0 Å². The Labute approximate surface area is 428 Å². The van der Waals surface area contributed by atoms with Crippen LogP contribution in [0.2, 0.25) is 0 Å². The number of pyridine rings is 9. The molecule has 0 saturated carbocycles. The predicted octanol–water partition coefficient (Wildman–Crippen LogP) is 9.17. The molecule has 0 unspecified atom stereocenters. The Kier molecular flexibility index (Phi) is 15.7. The van der Waals surface area contributed by atoms with E-state index in [-0.39, 0.29) is 17.1 Å². The Morgan fingerprint density at radius 2 is 0.260 bits per heavy atom. The summed E-state index contributed by atoms with van der Waals surface area (Å²) in [6.45, 7) is 0. The van der Waals surface area contributed by atoms with Crippen LogP contribution in [0.15, 0.2) is 220 Å². The quantitative estimate of drug-likeness (QED) is 0.123. The van der Waals surface area contributed by atoms with E-state index in [4.69, 9.17) is 0 Å². The summed E-state index contributed by atoms with van der Waals surface area (Å²) in [6, 6.07) is 50.5. The van der Waals surface area contributed by atoms with Gasteiger partial charge in [-0.05, 0) is 109 Å². The van der Waals surface area contributed by atoms with Crippen LogP contribution in [0, 0.1) is 0 Å². The molecule has 12 rings (SSSR count). The van der Waals surface area contributed by atoms with Gasteiger partial charge < -0.3 is 0 Å². The van der Waals surface area contributed by atoms with Crippen LogP contribution in [-0.2, 0) is 17.1 Å². The second kappa shape index (κ2) is 24.0. The molecule has 73 heavy (non-hydrogen) atoms. The van der Waals surface area contributed by atoms with Crippen molar-refractivity contribution in [2.75, 3.05) is 0 Å². The van der Waals surface area contributed by atoms with Gasteiger partial charge in [-0.25, -0.2) is 44.9 Å². The number of nitrogens with zero attached hydrogens (tertiary/aromatic N) is 18. The Bertz CT molecular complexity index is 2800. The van der Waals surface area contributed by atoms with Gasteiger partial charge in [0.1, 0.15) is 51.2 Å². The second-order valence-corrected chi connectivity index (χ2v) is 14.9. The molecule has 12 aromatic heterocycles. The van der Waals surface area contributed by atoms with Gasteiger partial charge in [0.25, 0.3) is 0 Å². The monoisotopic (exact) mass is 992 g/mol. The molecule has 0 saturated heterocycles. The van der Waals surface area contributed by atoms with Crippen LogP contribution in [0.4, 0.5) is 0 Å². The maximum Gasteiger partial charge on any atom is 3.00 e. The van der Waals surface area contributed by atoms with Crippen LogP contribution >= 0.6 is 0 Å². The molecule has 12 aromatic rings. The van der Waals surface area contributed by atoms with Gasteiger partial charge in [-0.3, -0.25) is 44.9 Å². The van der Waals surface area contributed by atoms with E-state index < -0.39 is 0 Å². The van der Waals surface area contributed by atoms with Crippen molar-refractivity contribution >= 4 is 0 Å². The van der Waals surface area contributed by atoms with Crippen molar-refractivity contribution in [2.24, 2.45) is 0 Å². The molecule has 1 radical (unpaired) electrons. The van der Waals surface area contributed by atoms with Crippen molar-refractivity contribution in [1.82, 2.24) is 89.7 Å². The van der Waals surface area contributed by atoms with E-state index in [0.29, 0.717) is 104 Å². The van der Waals surface area contributed by atoms with Gasteiger partial charge in [-0.15, -0.1) is 0 Å². The second-order valence-electron chi connectivity index (χ2n) is 14.9. The zero-order valence-electron chi connectivity index (χ0n) is 38.2. The normalized spacial score (nSPS) is 10.4. The molecule has 0 aliphatic carbocycles. The molecule has 0 aliphatic heterocycles. The van der Waals surface area contributed by atoms with Crippen LogP contribution in [0.3, 0.4) is 0 Å². The largest absolute Gasteiger partial charge is 3.00 e. The molecule has 0 aliphatic rings. The standard InChI is InChI=1S/3C18H12N6.Fe/c3*1-4-10-19-13(7-1)16-22-17(14-8-2-5-11-20-14)24-18(23-16)15-9-3-6-12-21-15;/h3*1-12H;/q;;;+3. The maximum atomic E-state index is 4.52. The van der Waals surface area contributed by atoms with E-state index >= 15 is 0 Å². The van der Waals surface area contributed by atoms with Gasteiger partial charge in [0, 0.05) is 55.8 Å². The van der Waals surface area contributed by atoms with Gasteiger partial charge in [-0.1, -0.05) is 54.6 Å². The fourth-order valence-electron chi connectivity index (χ4n) is 6.61. The molecule has 0 atom stereocenters. The first kappa shape index (κ1) is 47.9. The summed E-state index contributed by atoms with van der Waals surface area (Å²) in [5.41, 5.74) is 6.08. The zero-order chi connectivity index (χ0) is 48.6. The Morgan fingerprint density at radius 1 is 0.151 bits per heavy atom. The Balaban J connectivity index is 0.000000134. The van der Waals surface area contributed by atoms with Crippen molar-refractivity contribution in [1.29, 1.82) is 0 Å². The summed E-state index contributed by atoms with van der Waals surface area (Å²) in [5.74, 6) is 4.43. The summed E-state index contributed by atoms with van der Waals surface area (Å²) < 4.78 is 0. The van der Waals surface area contributed by atoms with Crippen LogP contribution in [-0.4, -0.2) is 89.7 Å². The summed E-state index contributed by atoms with van der Waals surface area (Å²) in [4.78, 5) is 79.6. The van der Waals surface area contributed by atoms with Crippen LogP contribution in [0.1, 0.15) is 0 Å². The van der Waals surface area contributed by atoms with Gasteiger partial charge in [0.2, 0.25) is 0 Å². The third-order valence-electron chi connectivity index (χ3n) is 9.95. The third-order valence-corrected chi connectivity index (χ3v) is 9.95. The summed E-state index contributed by atoms with van der Waals surface area (Å²) >= 11 is 0. The predicted molar refractivity (Wildman–Crippen MR) is 269 cm³/mol. The first-order chi connectivity index (χ1) is 35.7. The van der Waals surface area contributed by atoms with Crippen molar-refractivity contribution in [2.45, 2.75) is 0 Å². The fourth-order valence-corrected chi connectivity index (χ4v) is 6.61. The third kappa shape index (κ3) is 12.4. The molecular formula is C54H36FeN18+3. The first-order valence-electron chi connectivity index (χ1n) is 22.2. The smallest absolute Gasteiger partial charge is 0.253 e. The minimum atomic E-state index is 0. The molecule has 0 fully saturated rings. The number of hydrogen-bond acceptors (Lipinski definition) is 18. The van der Waals surface area contributed by atoms with E-state index in [2.05, 4.69) is 89.7 Å². The number of aromatic nitrogens is 18. The van der Waals surface area contributed by atoms with Crippen molar-refractivity contribution in [3.8, 4) is 104 Å². The molecule has 18 nitrogen and oxygen atoms in total. The molecule has 347 valence electrons. The average molecular weight is 993 g/mol. The molecule has 0 bridgehead atoms. The topological polar surface area (TPSA) is 232 Å². The van der Waals surface area contributed by atoms with Crippen LogP contribution < -0.4 is 0 Å². The molecular weight excluding hydrogens is 957 g/mol. The zero-order valence-corrected chi connectivity index (χ0v) is 39.3. The number of hydrogen-bond donors (Lipinski definition) is 0. The van der Waals surface area contributed by atoms with E-state index in [0.717, 1.165) is 0 Å². The number of rotatable bonds is 9. The van der Waals surface area contributed by atoms with Crippen LogP contribution in [0.5, 0.6) is 0 Å². The van der Waals surface area contributed by atoms with Gasteiger partial charge >= 0.3 is 17.1 Å². The molecule has 0 amide bonds. The molecule has 19 heteroatoms. The van der Waals surface area contributed by atoms with Crippen LogP contribution in [0.25, 0.3) is 104 Å². The molecule has 0 N–H and O–H groups in total. The Hall–Kier alpha value is -10.1. The van der Waals surface area contributed by atoms with E-state index in [9.17, 15) is 0 Å². The van der Waals surface area contributed by atoms with E-state index in [1.165, 1.54) is 0 Å². The molecule has 0 spiro atoms. The van der Waals surface area contributed by atoms with Crippen molar-refractivity contribution in [3.63, 3.8) is 0 Å². The minimum absolute atomic E-state index is 0. The average Bonchev–Trinajstić information content (AvgIpc) is 3.49. The summed E-state index contributed by atoms with van der Waals surface area (Å²) in [7, 11) is 0.